The summed E-state index contributed by atoms with van der Waals surface area (Å²) in [4.78, 5) is 24.2. The van der Waals surface area contributed by atoms with Gasteiger partial charge in [0.25, 0.3) is 0 Å². The minimum Gasteiger partial charge on any atom is -0.360 e. The summed E-state index contributed by atoms with van der Waals surface area (Å²) in [7, 11) is 0. The summed E-state index contributed by atoms with van der Waals surface area (Å²) in [5.41, 5.74) is -0.568. The summed E-state index contributed by atoms with van der Waals surface area (Å²) in [6.45, 7) is 2.19. The van der Waals surface area contributed by atoms with Crippen molar-refractivity contribution >= 4 is 23.3 Å². The predicted octanol–water partition coefficient (Wildman–Crippen LogP) is 2.25. The van der Waals surface area contributed by atoms with Gasteiger partial charge >= 0.3 is 0 Å². The van der Waals surface area contributed by atoms with Crippen molar-refractivity contribution < 1.29 is 22.9 Å². The summed E-state index contributed by atoms with van der Waals surface area (Å²) in [5, 5.41) is 5.93. The summed E-state index contributed by atoms with van der Waals surface area (Å²) in [5.74, 6) is -2.55. The molecule has 0 unspecified atom stereocenters. The number of halogens is 2. The van der Waals surface area contributed by atoms with Gasteiger partial charge in [-0.1, -0.05) is 11.2 Å². The fourth-order valence-corrected chi connectivity index (χ4v) is 1.85. The van der Waals surface area contributed by atoms with Gasteiger partial charge in [0, 0.05) is 13.0 Å². The molecule has 0 aliphatic carbocycles. The third-order valence-corrected chi connectivity index (χ3v) is 2.78. The van der Waals surface area contributed by atoms with Gasteiger partial charge in [0.2, 0.25) is 11.8 Å². The summed E-state index contributed by atoms with van der Waals surface area (Å²) in [6.07, 6.45) is 0. The first kappa shape index (κ1) is 15.6. The number of rotatable bonds is 4. The van der Waals surface area contributed by atoms with Crippen LogP contribution in [0.15, 0.2) is 28.8 Å². The van der Waals surface area contributed by atoms with E-state index in [1.165, 1.54) is 12.1 Å². The van der Waals surface area contributed by atoms with E-state index < -0.39 is 35.7 Å². The maximum atomic E-state index is 13.7. The van der Waals surface area contributed by atoms with Crippen molar-refractivity contribution in [2.24, 2.45) is 0 Å². The molecular weight excluding hydrogens is 296 g/mol. The van der Waals surface area contributed by atoms with Gasteiger partial charge in [-0.05, 0) is 19.1 Å². The van der Waals surface area contributed by atoms with Gasteiger partial charge in [-0.25, -0.2) is 8.78 Å². The van der Waals surface area contributed by atoms with Gasteiger partial charge in [-0.2, -0.15) is 0 Å². The molecule has 0 saturated heterocycles. The smallest absolute Gasteiger partial charge is 0.245 e. The Kier molecular flexibility index (Phi) is 4.50. The van der Waals surface area contributed by atoms with Crippen molar-refractivity contribution in [1.82, 2.24) is 5.16 Å². The van der Waals surface area contributed by atoms with E-state index in [0.29, 0.717) is 10.7 Å². The van der Waals surface area contributed by atoms with Crippen LogP contribution in [0.4, 0.5) is 20.3 Å². The molecule has 1 N–H and O–H groups in total. The third-order valence-electron chi connectivity index (χ3n) is 2.78. The van der Waals surface area contributed by atoms with Crippen LogP contribution < -0.4 is 10.2 Å². The largest absolute Gasteiger partial charge is 0.360 e. The highest BCUT2D eigenvalue weighted by Crippen LogP contribution is 2.23. The Labute approximate surface area is 124 Å². The lowest BCUT2D eigenvalue weighted by Gasteiger charge is -2.21. The fraction of sp³-hybridized carbons (Fsp3) is 0.214. The van der Waals surface area contributed by atoms with Crippen LogP contribution in [-0.4, -0.2) is 23.5 Å². The van der Waals surface area contributed by atoms with Crippen LogP contribution in [0.1, 0.15) is 12.7 Å². The number of carbonyl (C=O) groups excluding carboxylic acids is 2. The molecule has 0 aliphatic heterocycles. The number of carbonyl (C=O) groups is 2. The van der Waals surface area contributed by atoms with Crippen LogP contribution in [0, 0.1) is 18.6 Å². The Morgan fingerprint density at radius 1 is 1.32 bits per heavy atom. The molecule has 1 aromatic carbocycles. The molecule has 22 heavy (non-hydrogen) atoms. The van der Waals surface area contributed by atoms with Crippen LogP contribution in [-0.2, 0) is 9.59 Å². The van der Waals surface area contributed by atoms with Gasteiger partial charge in [-0.3, -0.25) is 14.5 Å². The molecule has 2 amide bonds. The van der Waals surface area contributed by atoms with Crippen molar-refractivity contribution in [2.45, 2.75) is 13.8 Å². The maximum Gasteiger partial charge on any atom is 0.245 e. The highest BCUT2D eigenvalue weighted by Gasteiger charge is 2.23. The van der Waals surface area contributed by atoms with Crippen molar-refractivity contribution in [2.75, 3.05) is 16.8 Å². The molecule has 1 heterocycles. The van der Waals surface area contributed by atoms with Crippen LogP contribution >= 0.6 is 0 Å². The second kappa shape index (κ2) is 6.33. The molecule has 2 rings (SSSR count). The standard InChI is InChI=1S/C14H13F2N3O3/c1-8-6-12(18-22-8)17-13(21)7-19(9(2)20)14-10(15)4-3-5-11(14)16/h3-6H,7H2,1-2H3,(H,17,18,21). The molecule has 0 saturated carbocycles. The SMILES string of the molecule is CC(=O)N(CC(=O)Nc1cc(C)on1)c1c(F)cccc1F. The zero-order valence-electron chi connectivity index (χ0n) is 11.9. The summed E-state index contributed by atoms with van der Waals surface area (Å²) < 4.78 is 32.3. The molecule has 0 fully saturated rings. The molecule has 0 radical (unpaired) electrons. The van der Waals surface area contributed by atoms with Crippen LogP contribution in [0.25, 0.3) is 0 Å². The molecule has 1 aromatic heterocycles. The number of nitrogens with zero attached hydrogens (tertiary/aromatic N) is 2. The van der Waals surface area contributed by atoms with Crippen LogP contribution in [0.3, 0.4) is 0 Å². The van der Waals surface area contributed by atoms with Crippen LogP contribution in [0.2, 0.25) is 0 Å². The monoisotopic (exact) mass is 309 g/mol. The number of benzene rings is 1. The molecular formula is C14H13F2N3O3. The molecule has 6 nitrogen and oxygen atoms in total. The number of para-hydroxylation sites is 1. The highest BCUT2D eigenvalue weighted by molar-refractivity contribution is 6.01. The topological polar surface area (TPSA) is 75.4 Å². The second-order valence-corrected chi connectivity index (χ2v) is 4.55. The van der Waals surface area contributed by atoms with Crippen molar-refractivity contribution in [3.8, 4) is 0 Å². The van der Waals surface area contributed by atoms with E-state index in [4.69, 9.17) is 4.52 Å². The number of amides is 2. The molecule has 0 spiro atoms. The molecule has 0 aliphatic rings. The first-order valence-electron chi connectivity index (χ1n) is 6.33. The summed E-state index contributed by atoms with van der Waals surface area (Å²) >= 11 is 0. The van der Waals surface area contributed by atoms with E-state index in [1.807, 2.05) is 0 Å². The fourth-order valence-electron chi connectivity index (χ4n) is 1.85. The van der Waals surface area contributed by atoms with Gasteiger partial charge in [0.05, 0.1) is 0 Å². The summed E-state index contributed by atoms with van der Waals surface area (Å²) in [6, 6.07) is 4.66. The van der Waals surface area contributed by atoms with Gasteiger partial charge in [-0.15, -0.1) is 0 Å². The van der Waals surface area contributed by atoms with E-state index in [1.54, 1.807) is 6.92 Å². The number of aryl methyl sites for hydroxylation is 1. The highest BCUT2D eigenvalue weighted by atomic mass is 19.1. The zero-order chi connectivity index (χ0) is 16.3. The number of aromatic nitrogens is 1. The quantitative estimate of drug-likeness (QED) is 0.940. The minimum absolute atomic E-state index is 0.153. The molecule has 2 aromatic rings. The van der Waals surface area contributed by atoms with Crippen molar-refractivity contribution in [3.05, 3.63) is 41.7 Å². The normalized spacial score (nSPS) is 10.4. The Morgan fingerprint density at radius 2 is 1.95 bits per heavy atom. The lowest BCUT2D eigenvalue weighted by molar-refractivity contribution is -0.120. The van der Waals surface area contributed by atoms with E-state index >= 15 is 0 Å². The Balaban J connectivity index is 2.19. The molecule has 8 heteroatoms. The number of anilines is 2. The zero-order valence-corrected chi connectivity index (χ0v) is 11.9. The average Bonchev–Trinajstić information content (AvgIpc) is 2.82. The van der Waals surface area contributed by atoms with Gasteiger partial charge < -0.3 is 9.84 Å². The molecule has 0 bridgehead atoms. The molecule has 116 valence electrons. The first-order valence-corrected chi connectivity index (χ1v) is 6.33. The van der Waals surface area contributed by atoms with E-state index in [2.05, 4.69) is 10.5 Å². The predicted molar refractivity (Wildman–Crippen MR) is 74.3 cm³/mol. The Hall–Kier alpha value is -2.77. The minimum atomic E-state index is -0.930. The van der Waals surface area contributed by atoms with Gasteiger partial charge in [0.1, 0.15) is 29.6 Å². The first-order chi connectivity index (χ1) is 10.4. The van der Waals surface area contributed by atoms with E-state index in [9.17, 15) is 18.4 Å². The third kappa shape index (κ3) is 3.46. The number of nitrogens with one attached hydrogen (secondary N) is 1. The van der Waals surface area contributed by atoms with Crippen molar-refractivity contribution in [3.63, 3.8) is 0 Å². The van der Waals surface area contributed by atoms with Gasteiger partial charge in [0.15, 0.2) is 5.82 Å². The number of hydrogen-bond acceptors (Lipinski definition) is 4. The lowest BCUT2D eigenvalue weighted by Crippen LogP contribution is -2.37. The molecule has 0 atom stereocenters. The Bertz CT molecular complexity index is 695. The average molecular weight is 309 g/mol. The van der Waals surface area contributed by atoms with Crippen molar-refractivity contribution in [1.29, 1.82) is 0 Å². The Morgan fingerprint density at radius 3 is 2.45 bits per heavy atom. The maximum absolute atomic E-state index is 13.7. The van der Waals surface area contributed by atoms with E-state index in [-0.39, 0.29) is 5.82 Å². The second-order valence-electron chi connectivity index (χ2n) is 4.55. The number of hydrogen-bond donors (Lipinski definition) is 1. The van der Waals surface area contributed by atoms with Crippen LogP contribution in [0.5, 0.6) is 0 Å². The lowest BCUT2D eigenvalue weighted by atomic mass is 10.2. The van der Waals surface area contributed by atoms with E-state index in [0.717, 1.165) is 19.1 Å².